The Morgan fingerprint density at radius 3 is 2.16 bits per heavy atom. The first-order valence-corrected chi connectivity index (χ1v) is 10.4. The summed E-state index contributed by atoms with van der Waals surface area (Å²) in [5.74, 6) is 0.922. The van der Waals surface area contributed by atoms with Gasteiger partial charge >= 0.3 is 0 Å². The maximum Gasteiger partial charge on any atom is 0.258 e. The van der Waals surface area contributed by atoms with Crippen LogP contribution in [0.4, 0.5) is 11.4 Å². The zero-order valence-corrected chi connectivity index (χ0v) is 18.7. The maximum absolute atomic E-state index is 13.1. The Hall–Kier alpha value is -3.77. The molecule has 0 aliphatic carbocycles. The van der Waals surface area contributed by atoms with Crippen LogP contribution in [0.5, 0.6) is 11.5 Å². The van der Waals surface area contributed by atoms with E-state index in [1.165, 1.54) is 0 Å². The molecule has 0 bridgehead atoms. The van der Waals surface area contributed by atoms with E-state index in [0.717, 1.165) is 22.4 Å². The lowest BCUT2D eigenvalue weighted by atomic mass is 9.95. The zero-order chi connectivity index (χ0) is 22.9. The van der Waals surface area contributed by atoms with Crippen LogP contribution in [-0.4, -0.2) is 20.1 Å². The highest BCUT2D eigenvalue weighted by Crippen LogP contribution is 2.43. The van der Waals surface area contributed by atoms with Gasteiger partial charge in [-0.15, -0.1) is 0 Å². The number of anilines is 2. The number of nitrogens with two attached hydrogens (primary N) is 1. The van der Waals surface area contributed by atoms with Gasteiger partial charge < -0.3 is 25.8 Å². The van der Waals surface area contributed by atoms with E-state index in [0.29, 0.717) is 28.5 Å². The molecule has 1 aliphatic heterocycles. The monoisotopic (exact) mass is 429 g/mol. The standard InChI is InChI=1S/C26H27N3O3/c1-26(2,27)17-10-12-18(13-11-17)28-24(16-8-6-5-7-9-16)23-19-14-21(31-3)22(32-4)15-20(19)29-25(23)30/h5-15,28H,27H2,1-4H3,(H,29,30)/b24-23+. The Balaban J connectivity index is 1.86. The fraction of sp³-hybridized carbons (Fsp3) is 0.192. The fourth-order valence-corrected chi connectivity index (χ4v) is 3.76. The summed E-state index contributed by atoms with van der Waals surface area (Å²) in [5, 5.41) is 6.41. The van der Waals surface area contributed by atoms with Crippen LogP contribution in [0, 0.1) is 0 Å². The molecule has 0 saturated heterocycles. The SMILES string of the molecule is COc1cc2c(cc1OC)/C(=C(\Nc1ccc(C(C)(C)N)cc1)c1ccccc1)C(=O)N2. The smallest absolute Gasteiger partial charge is 0.258 e. The molecule has 164 valence electrons. The lowest BCUT2D eigenvalue weighted by Crippen LogP contribution is -2.28. The quantitative estimate of drug-likeness (QED) is 0.489. The summed E-state index contributed by atoms with van der Waals surface area (Å²) < 4.78 is 10.9. The second-order valence-corrected chi connectivity index (χ2v) is 8.25. The molecule has 3 aromatic carbocycles. The van der Waals surface area contributed by atoms with E-state index in [-0.39, 0.29) is 5.91 Å². The van der Waals surface area contributed by atoms with Crippen molar-refractivity contribution >= 4 is 28.6 Å². The molecule has 0 spiro atoms. The predicted octanol–water partition coefficient (Wildman–Crippen LogP) is 4.83. The van der Waals surface area contributed by atoms with Gasteiger partial charge in [-0.25, -0.2) is 0 Å². The number of carbonyl (C=O) groups is 1. The van der Waals surface area contributed by atoms with E-state index >= 15 is 0 Å². The van der Waals surface area contributed by atoms with E-state index in [4.69, 9.17) is 15.2 Å². The van der Waals surface area contributed by atoms with Crippen molar-refractivity contribution in [1.82, 2.24) is 0 Å². The molecule has 6 heteroatoms. The number of ether oxygens (including phenoxy) is 2. The Morgan fingerprint density at radius 1 is 0.938 bits per heavy atom. The third-order valence-corrected chi connectivity index (χ3v) is 5.48. The van der Waals surface area contributed by atoms with Crippen LogP contribution in [0.1, 0.15) is 30.5 Å². The van der Waals surface area contributed by atoms with Crippen LogP contribution in [0.2, 0.25) is 0 Å². The summed E-state index contributed by atoms with van der Waals surface area (Å²) in [6, 6.07) is 21.3. The van der Waals surface area contributed by atoms with Crippen molar-refractivity contribution in [2.45, 2.75) is 19.4 Å². The maximum atomic E-state index is 13.1. The van der Waals surface area contributed by atoms with Gasteiger partial charge in [-0.1, -0.05) is 42.5 Å². The first kappa shape index (κ1) is 21.5. The molecular formula is C26H27N3O3. The molecular weight excluding hydrogens is 402 g/mol. The predicted molar refractivity (Wildman–Crippen MR) is 129 cm³/mol. The van der Waals surface area contributed by atoms with Crippen molar-refractivity contribution < 1.29 is 14.3 Å². The van der Waals surface area contributed by atoms with Crippen LogP contribution < -0.4 is 25.8 Å². The van der Waals surface area contributed by atoms with Gasteiger partial charge in [0.15, 0.2) is 11.5 Å². The Labute approximate surface area is 188 Å². The molecule has 0 atom stereocenters. The molecule has 0 radical (unpaired) electrons. The first-order chi connectivity index (χ1) is 15.3. The number of carbonyl (C=O) groups excluding carboxylic acids is 1. The second kappa shape index (κ2) is 8.40. The van der Waals surface area contributed by atoms with E-state index in [1.54, 1.807) is 20.3 Å². The van der Waals surface area contributed by atoms with E-state index in [1.807, 2.05) is 74.5 Å². The van der Waals surface area contributed by atoms with Gasteiger partial charge in [-0.2, -0.15) is 0 Å². The summed E-state index contributed by atoms with van der Waals surface area (Å²) in [4.78, 5) is 13.1. The number of benzene rings is 3. The van der Waals surface area contributed by atoms with Crippen molar-refractivity contribution in [2.24, 2.45) is 5.73 Å². The van der Waals surface area contributed by atoms with Crippen molar-refractivity contribution in [3.63, 3.8) is 0 Å². The van der Waals surface area contributed by atoms with Gasteiger partial charge in [0.25, 0.3) is 5.91 Å². The molecule has 0 fully saturated rings. The molecule has 4 N–H and O–H groups in total. The van der Waals surface area contributed by atoms with Gasteiger partial charge in [-0.05, 0) is 43.2 Å². The summed E-state index contributed by atoms with van der Waals surface area (Å²) in [6.45, 7) is 3.93. The minimum absolute atomic E-state index is 0.193. The highest BCUT2D eigenvalue weighted by atomic mass is 16.5. The normalized spacial score (nSPS) is 14.5. The molecule has 1 amide bonds. The van der Waals surface area contributed by atoms with Crippen molar-refractivity contribution in [2.75, 3.05) is 24.9 Å². The molecule has 0 saturated carbocycles. The fourth-order valence-electron chi connectivity index (χ4n) is 3.76. The number of hydrogen-bond donors (Lipinski definition) is 3. The average Bonchev–Trinajstić information content (AvgIpc) is 3.11. The number of methoxy groups -OCH3 is 2. The zero-order valence-electron chi connectivity index (χ0n) is 18.7. The lowest BCUT2D eigenvalue weighted by Gasteiger charge is -2.20. The molecule has 3 aromatic rings. The van der Waals surface area contributed by atoms with Crippen LogP contribution >= 0.6 is 0 Å². The van der Waals surface area contributed by atoms with E-state index < -0.39 is 5.54 Å². The number of hydrogen-bond acceptors (Lipinski definition) is 5. The van der Waals surface area contributed by atoms with Crippen molar-refractivity contribution in [3.8, 4) is 11.5 Å². The molecule has 0 aromatic heterocycles. The van der Waals surface area contributed by atoms with Crippen molar-refractivity contribution in [3.05, 3.63) is 83.4 Å². The Bertz CT molecular complexity index is 1180. The van der Waals surface area contributed by atoms with Crippen LogP contribution in [0.3, 0.4) is 0 Å². The minimum Gasteiger partial charge on any atom is -0.493 e. The van der Waals surface area contributed by atoms with Crippen LogP contribution in [0.25, 0.3) is 11.3 Å². The lowest BCUT2D eigenvalue weighted by molar-refractivity contribution is -0.110. The summed E-state index contributed by atoms with van der Waals surface area (Å²) in [7, 11) is 3.15. The van der Waals surface area contributed by atoms with Gasteiger partial charge in [0.1, 0.15) is 0 Å². The van der Waals surface area contributed by atoms with Crippen LogP contribution in [0.15, 0.2) is 66.7 Å². The number of rotatable bonds is 6. The average molecular weight is 430 g/mol. The summed E-state index contributed by atoms with van der Waals surface area (Å²) >= 11 is 0. The van der Waals surface area contributed by atoms with Crippen molar-refractivity contribution in [1.29, 1.82) is 0 Å². The highest BCUT2D eigenvalue weighted by molar-refractivity contribution is 6.37. The molecule has 32 heavy (non-hydrogen) atoms. The summed E-state index contributed by atoms with van der Waals surface area (Å²) in [6.07, 6.45) is 0. The largest absolute Gasteiger partial charge is 0.493 e. The minimum atomic E-state index is -0.431. The highest BCUT2D eigenvalue weighted by Gasteiger charge is 2.30. The third-order valence-electron chi connectivity index (χ3n) is 5.48. The Morgan fingerprint density at radius 2 is 1.56 bits per heavy atom. The van der Waals surface area contributed by atoms with Crippen LogP contribution in [-0.2, 0) is 10.3 Å². The third kappa shape index (κ3) is 4.05. The molecule has 1 heterocycles. The molecule has 1 aliphatic rings. The number of fused-ring (bicyclic) bond motifs is 1. The topological polar surface area (TPSA) is 85.6 Å². The number of nitrogens with one attached hydrogen (secondary N) is 2. The first-order valence-electron chi connectivity index (χ1n) is 10.4. The second-order valence-electron chi connectivity index (χ2n) is 8.25. The Kier molecular flexibility index (Phi) is 5.63. The summed E-state index contributed by atoms with van der Waals surface area (Å²) in [5.41, 5.74) is 11.2. The van der Waals surface area contributed by atoms with E-state index in [9.17, 15) is 4.79 Å². The van der Waals surface area contributed by atoms with Gasteiger partial charge in [-0.3, -0.25) is 4.79 Å². The molecule has 0 unspecified atom stereocenters. The van der Waals surface area contributed by atoms with Gasteiger partial charge in [0, 0.05) is 22.9 Å². The van der Waals surface area contributed by atoms with Gasteiger partial charge in [0.2, 0.25) is 0 Å². The molecule has 6 nitrogen and oxygen atoms in total. The van der Waals surface area contributed by atoms with E-state index in [2.05, 4.69) is 10.6 Å². The number of amides is 1. The molecule has 4 rings (SSSR count). The van der Waals surface area contributed by atoms with Gasteiger partial charge in [0.05, 0.1) is 31.2 Å².